The summed E-state index contributed by atoms with van der Waals surface area (Å²) in [4.78, 5) is 14.0. The normalized spacial score (nSPS) is 23.1. The smallest absolute Gasteiger partial charge is 0.246 e. The first-order chi connectivity index (χ1) is 9.58. The number of nitrogens with zero attached hydrogens (tertiary/aromatic N) is 1. The topological polar surface area (TPSA) is 38.8 Å². The molecule has 0 aliphatic carbocycles. The first-order valence-electron chi connectivity index (χ1n) is 6.85. The summed E-state index contributed by atoms with van der Waals surface area (Å²) in [5, 5.41) is 0. The van der Waals surface area contributed by atoms with Crippen molar-refractivity contribution in [1.82, 2.24) is 4.90 Å². The molecule has 4 heteroatoms. The summed E-state index contributed by atoms with van der Waals surface area (Å²) < 4.78 is 10.8. The fourth-order valence-corrected chi connectivity index (χ4v) is 2.38. The third-order valence-corrected chi connectivity index (χ3v) is 3.24. The lowest BCUT2D eigenvalue weighted by molar-refractivity contribution is -0.137. The van der Waals surface area contributed by atoms with Gasteiger partial charge in [-0.15, -0.1) is 0 Å². The predicted molar refractivity (Wildman–Crippen MR) is 78.6 cm³/mol. The number of amides is 1. The van der Waals surface area contributed by atoms with Crippen LogP contribution in [0.1, 0.15) is 19.4 Å². The first-order valence-corrected chi connectivity index (χ1v) is 6.85. The SMILES string of the molecule is COc1cccc(/C=C/C(=O)N2CC(C)OC(C)C2)c1. The van der Waals surface area contributed by atoms with Gasteiger partial charge in [-0.2, -0.15) is 0 Å². The van der Waals surface area contributed by atoms with Crippen molar-refractivity contribution >= 4 is 12.0 Å². The summed E-state index contributed by atoms with van der Waals surface area (Å²) in [6, 6.07) is 7.62. The van der Waals surface area contributed by atoms with Crippen molar-refractivity contribution in [2.75, 3.05) is 20.2 Å². The molecular weight excluding hydrogens is 254 g/mol. The number of morpholine rings is 1. The Morgan fingerprint density at radius 3 is 2.70 bits per heavy atom. The van der Waals surface area contributed by atoms with E-state index in [4.69, 9.17) is 9.47 Å². The van der Waals surface area contributed by atoms with Crippen LogP contribution in [0, 0.1) is 0 Å². The van der Waals surface area contributed by atoms with Crippen molar-refractivity contribution in [2.45, 2.75) is 26.1 Å². The van der Waals surface area contributed by atoms with Crippen molar-refractivity contribution < 1.29 is 14.3 Å². The maximum atomic E-state index is 12.2. The van der Waals surface area contributed by atoms with E-state index in [9.17, 15) is 4.79 Å². The Bertz CT molecular complexity index is 488. The third kappa shape index (κ3) is 3.84. The number of benzene rings is 1. The van der Waals surface area contributed by atoms with Gasteiger partial charge in [0.25, 0.3) is 0 Å². The van der Waals surface area contributed by atoms with E-state index in [1.807, 2.05) is 49.1 Å². The lowest BCUT2D eigenvalue weighted by Gasteiger charge is -2.34. The fraction of sp³-hybridized carbons (Fsp3) is 0.438. The Morgan fingerprint density at radius 1 is 1.35 bits per heavy atom. The minimum Gasteiger partial charge on any atom is -0.497 e. The molecule has 2 unspecified atom stereocenters. The van der Waals surface area contributed by atoms with Gasteiger partial charge in [-0.1, -0.05) is 12.1 Å². The van der Waals surface area contributed by atoms with E-state index in [-0.39, 0.29) is 18.1 Å². The summed E-state index contributed by atoms with van der Waals surface area (Å²) in [6.07, 6.45) is 3.61. The zero-order valence-corrected chi connectivity index (χ0v) is 12.2. The average molecular weight is 275 g/mol. The number of carbonyl (C=O) groups is 1. The third-order valence-electron chi connectivity index (χ3n) is 3.24. The highest BCUT2D eigenvalue weighted by molar-refractivity contribution is 5.91. The molecule has 2 atom stereocenters. The molecule has 1 aliphatic rings. The number of hydrogen-bond acceptors (Lipinski definition) is 3. The highest BCUT2D eigenvalue weighted by Gasteiger charge is 2.24. The molecule has 4 nitrogen and oxygen atoms in total. The maximum absolute atomic E-state index is 12.2. The number of carbonyl (C=O) groups excluding carboxylic acids is 1. The molecule has 20 heavy (non-hydrogen) atoms. The Kier molecular flexibility index (Phi) is 4.79. The molecule has 0 bridgehead atoms. The molecule has 0 spiro atoms. The standard InChI is InChI=1S/C16H21NO3/c1-12-10-17(11-13(2)20-12)16(18)8-7-14-5-4-6-15(9-14)19-3/h4-9,12-13H,10-11H2,1-3H3/b8-7+. The van der Waals surface area contributed by atoms with Crippen LogP contribution in [0.4, 0.5) is 0 Å². The Morgan fingerprint density at radius 2 is 2.05 bits per heavy atom. The molecule has 0 aromatic heterocycles. The van der Waals surface area contributed by atoms with E-state index in [0.717, 1.165) is 11.3 Å². The molecular formula is C16H21NO3. The van der Waals surface area contributed by atoms with Crippen molar-refractivity contribution in [3.63, 3.8) is 0 Å². The van der Waals surface area contributed by atoms with Gasteiger partial charge < -0.3 is 14.4 Å². The second kappa shape index (κ2) is 6.57. The van der Waals surface area contributed by atoms with Crippen LogP contribution in [0.3, 0.4) is 0 Å². The number of hydrogen-bond donors (Lipinski definition) is 0. The molecule has 1 fully saturated rings. The van der Waals surface area contributed by atoms with E-state index in [0.29, 0.717) is 13.1 Å². The molecule has 0 saturated carbocycles. The number of rotatable bonds is 3. The minimum absolute atomic E-state index is 0.0230. The Balaban J connectivity index is 2.01. The number of ether oxygens (including phenoxy) is 2. The van der Waals surface area contributed by atoms with Gasteiger partial charge in [0.2, 0.25) is 5.91 Å². The monoisotopic (exact) mass is 275 g/mol. The van der Waals surface area contributed by atoms with Gasteiger partial charge in [0, 0.05) is 19.2 Å². The second-order valence-electron chi connectivity index (χ2n) is 5.11. The van der Waals surface area contributed by atoms with Crippen LogP contribution in [-0.2, 0) is 9.53 Å². The van der Waals surface area contributed by atoms with Gasteiger partial charge in [0.05, 0.1) is 19.3 Å². The molecule has 1 amide bonds. The van der Waals surface area contributed by atoms with E-state index in [1.54, 1.807) is 13.2 Å². The van der Waals surface area contributed by atoms with Crippen LogP contribution in [0.5, 0.6) is 5.75 Å². The molecule has 1 aliphatic heterocycles. The quantitative estimate of drug-likeness (QED) is 0.795. The largest absolute Gasteiger partial charge is 0.497 e. The van der Waals surface area contributed by atoms with Crippen LogP contribution in [-0.4, -0.2) is 43.2 Å². The van der Waals surface area contributed by atoms with Gasteiger partial charge in [0.1, 0.15) is 5.75 Å². The fourth-order valence-electron chi connectivity index (χ4n) is 2.38. The summed E-state index contributed by atoms with van der Waals surface area (Å²) in [7, 11) is 1.63. The zero-order valence-electron chi connectivity index (χ0n) is 12.2. The van der Waals surface area contributed by atoms with E-state index in [2.05, 4.69) is 0 Å². The van der Waals surface area contributed by atoms with Gasteiger partial charge >= 0.3 is 0 Å². The van der Waals surface area contributed by atoms with Crippen molar-refractivity contribution in [3.05, 3.63) is 35.9 Å². The van der Waals surface area contributed by atoms with Crippen molar-refractivity contribution in [1.29, 1.82) is 0 Å². The van der Waals surface area contributed by atoms with Crippen LogP contribution in [0.25, 0.3) is 6.08 Å². The predicted octanol–water partition coefficient (Wildman–Crippen LogP) is 2.34. The molecule has 108 valence electrons. The minimum atomic E-state index is 0.0230. The maximum Gasteiger partial charge on any atom is 0.246 e. The molecule has 0 radical (unpaired) electrons. The summed E-state index contributed by atoms with van der Waals surface area (Å²) >= 11 is 0. The Hall–Kier alpha value is -1.81. The summed E-state index contributed by atoms with van der Waals surface area (Å²) in [5.74, 6) is 0.808. The second-order valence-corrected chi connectivity index (χ2v) is 5.11. The highest BCUT2D eigenvalue weighted by Crippen LogP contribution is 2.15. The molecule has 1 saturated heterocycles. The van der Waals surface area contributed by atoms with E-state index in [1.165, 1.54) is 0 Å². The lowest BCUT2D eigenvalue weighted by atomic mass is 10.2. The van der Waals surface area contributed by atoms with E-state index >= 15 is 0 Å². The van der Waals surface area contributed by atoms with E-state index < -0.39 is 0 Å². The van der Waals surface area contributed by atoms with Gasteiger partial charge in [0.15, 0.2) is 0 Å². The van der Waals surface area contributed by atoms with Crippen LogP contribution in [0.15, 0.2) is 30.3 Å². The van der Waals surface area contributed by atoms with Crippen LogP contribution >= 0.6 is 0 Å². The van der Waals surface area contributed by atoms with Gasteiger partial charge in [-0.05, 0) is 37.6 Å². The summed E-state index contributed by atoms with van der Waals surface area (Å²) in [5.41, 5.74) is 0.951. The van der Waals surface area contributed by atoms with Gasteiger partial charge in [-0.25, -0.2) is 0 Å². The van der Waals surface area contributed by atoms with Crippen molar-refractivity contribution in [2.24, 2.45) is 0 Å². The molecule has 1 heterocycles. The average Bonchev–Trinajstić information content (AvgIpc) is 2.44. The molecule has 0 N–H and O–H groups in total. The first kappa shape index (κ1) is 14.6. The molecule has 1 aromatic rings. The van der Waals surface area contributed by atoms with Crippen LogP contribution < -0.4 is 4.74 Å². The lowest BCUT2D eigenvalue weighted by Crippen LogP contribution is -2.47. The summed E-state index contributed by atoms with van der Waals surface area (Å²) in [6.45, 7) is 5.26. The molecule has 2 rings (SSSR count). The van der Waals surface area contributed by atoms with Gasteiger partial charge in [-0.3, -0.25) is 4.79 Å². The van der Waals surface area contributed by atoms with Crippen LogP contribution in [0.2, 0.25) is 0 Å². The zero-order chi connectivity index (χ0) is 14.5. The Labute approximate surface area is 120 Å². The van der Waals surface area contributed by atoms with Crippen molar-refractivity contribution in [3.8, 4) is 5.75 Å². The highest BCUT2D eigenvalue weighted by atomic mass is 16.5. The number of methoxy groups -OCH3 is 1. The molecule has 1 aromatic carbocycles.